The Kier molecular flexibility index (Phi) is 6.25. The van der Waals surface area contributed by atoms with Gasteiger partial charge in [0.2, 0.25) is 0 Å². The summed E-state index contributed by atoms with van der Waals surface area (Å²) in [6.07, 6.45) is 1.88. The molecule has 5 heteroatoms. The van der Waals surface area contributed by atoms with Gasteiger partial charge in [-0.05, 0) is 69.2 Å². The molecule has 1 atom stereocenters. The van der Waals surface area contributed by atoms with Crippen LogP contribution in [-0.2, 0) is 19.9 Å². The Morgan fingerprint density at radius 3 is 2.71 bits per heavy atom. The van der Waals surface area contributed by atoms with Crippen LogP contribution in [0.3, 0.4) is 0 Å². The molecule has 0 aliphatic carbocycles. The molecule has 114 valence electrons. The molecule has 0 radical (unpaired) electrons. The second-order valence-electron chi connectivity index (χ2n) is 5.05. The van der Waals surface area contributed by atoms with Gasteiger partial charge < -0.3 is 5.32 Å². The van der Waals surface area contributed by atoms with Crippen molar-refractivity contribution in [2.75, 3.05) is 6.54 Å². The van der Waals surface area contributed by atoms with Crippen molar-refractivity contribution < 1.29 is 0 Å². The number of halogens is 2. The molecule has 21 heavy (non-hydrogen) atoms. The summed E-state index contributed by atoms with van der Waals surface area (Å²) in [6.45, 7) is 5.24. The minimum Gasteiger partial charge on any atom is -0.310 e. The topological polar surface area (TPSA) is 29.9 Å². The molecule has 0 fully saturated rings. The highest BCUT2D eigenvalue weighted by Gasteiger charge is 2.18. The highest BCUT2D eigenvalue weighted by atomic mass is 127. The molecule has 0 amide bonds. The lowest BCUT2D eigenvalue weighted by Crippen LogP contribution is -2.24. The summed E-state index contributed by atoms with van der Waals surface area (Å²) in [7, 11) is 2.02. The Morgan fingerprint density at radius 2 is 2.14 bits per heavy atom. The van der Waals surface area contributed by atoms with Crippen molar-refractivity contribution in [1.29, 1.82) is 0 Å². The SMILES string of the molecule is CCNC(Cc1c(Br)c(CC)nn1C)c1cccc(I)c1. The van der Waals surface area contributed by atoms with Gasteiger partial charge >= 0.3 is 0 Å². The number of hydrogen-bond donors (Lipinski definition) is 1. The molecule has 0 bridgehead atoms. The van der Waals surface area contributed by atoms with Crippen LogP contribution in [0.5, 0.6) is 0 Å². The van der Waals surface area contributed by atoms with E-state index >= 15 is 0 Å². The van der Waals surface area contributed by atoms with Crippen molar-refractivity contribution in [2.45, 2.75) is 32.7 Å². The van der Waals surface area contributed by atoms with Crippen LogP contribution in [0, 0.1) is 3.57 Å². The third kappa shape index (κ3) is 4.07. The van der Waals surface area contributed by atoms with Gasteiger partial charge in [-0.25, -0.2) is 0 Å². The summed E-state index contributed by atoms with van der Waals surface area (Å²) >= 11 is 6.08. The van der Waals surface area contributed by atoms with Gasteiger partial charge in [-0.3, -0.25) is 4.68 Å². The smallest absolute Gasteiger partial charge is 0.0766 e. The van der Waals surface area contributed by atoms with Crippen molar-refractivity contribution in [2.24, 2.45) is 7.05 Å². The first-order valence-corrected chi connectivity index (χ1v) is 9.13. The molecule has 1 aromatic heterocycles. The molecule has 1 heterocycles. The van der Waals surface area contributed by atoms with Crippen LogP contribution in [-0.4, -0.2) is 16.3 Å². The Hall–Kier alpha value is -0.400. The fourth-order valence-corrected chi connectivity index (χ4v) is 3.86. The highest BCUT2D eigenvalue weighted by Crippen LogP contribution is 2.27. The maximum Gasteiger partial charge on any atom is 0.0766 e. The largest absolute Gasteiger partial charge is 0.310 e. The summed E-state index contributed by atoms with van der Waals surface area (Å²) in [6, 6.07) is 9.00. The van der Waals surface area contributed by atoms with Crippen molar-refractivity contribution in [3.05, 3.63) is 49.3 Å². The van der Waals surface area contributed by atoms with Gasteiger partial charge in [0.15, 0.2) is 0 Å². The Balaban J connectivity index is 2.30. The zero-order chi connectivity index (χ0) is 15.4. The molecule has 0 saturated carbocycles. The summed E-state index contributed by atoms with van der Waals surface area (Å²) in [4.78, 5) is 0. The van der Waals surface area contributed by atoms with Gasteiger partial charge in [0, 0.05) is 23.1 Å². The summed E-state index contributed by atoms with van der Waals surface area (Å²) < 4.78 is 4.42. The van der Waals surface area contributed by atoms with E-state index in [1.807, 2.05) is 11.7 Å². The van der Waals surface area contributed by atoms with E-state index in [-0.39, 0.29) is 0 Å². The van der Waals surface area contributed by atoms with Gasteiger partial charge in [-0.1, -0.05) is 26.0 Å². The Morgan fingerprint density at radius 1 is 1.38 bits per heavy atom. The van der Waals surface area contributed by atoms with Gasteiger partial charge in [0.05, 0.1) is 15.9 Å². The van der Waals surface area contributed by atoms with E-state index in [2.05, 4.69) is 87.0 Å². The zero-order valence-electron chi connectivity index (χ0n) is 12.7. The zero-order valence-corrected chi connectivity index (χ0v) is 16.4. The molecular weight excluding hydrogens is 441 g/mol. The average Bonchev–Trinajstić information content (AvgIpc) is 2.74. The van der Waals surface area contributed by atoms with E-state index in [1.165, 1.54) is 14.8 Å². The van der Waals surface area contributed by atoms with Crippen LogP contribution in [0.15, 0.2) is 28.7 Å². The van der Waals surface area contributed by atoms with Crippen LogP contribution in [0.25, 0.3) is 0 Å². The van der Waals surface area contributed by atoms with Crippen LogP contribution in [0.2, 0.25) is 0 Å². The van der Waals surface area contributed by atoms with Crippen LogP contribution >= 0.6 is 38.5 Å². The Bertz CT molecular complexity index is 610. The van der Waals surface area contributed by atoms with Gasteiger partial charge in [-0.15, -0.1) is 0 Å². The van der Waals surface area contributed by atoms with Crippen LogP contribution in [0.4, 0.5) is 0 Å². The number of hydrogen-bond acceptors (Lipinski definition) is 2. The predicted molar refractivity (Wildman–Crippen MR) is 99.6 cm³/mol. The summed E-state index contributed by atoms with van der Waals surface area (Å²) in [5, 5.41) is 8.18. The fourth-order valence-electron chi connectivity index (χ4n) is 2.51. The lowest BCUT2D eigenvalue weighted by atomic mass is 10.0. The van der Waals surface area contributed by atoms with E-state index in [0.29, 0.717) is 6.04 Å². The van der Waals surface area contributed by atoms with Crippen molar-refractivity contribution in [3.63, 3.8) is 0 Å². The van der Waals surface area contributed by atoms with Crippen molar-refractivity contribution in [1.82, 2.24) is 15.1 Å². The average molecular weight is 462 g/mol. The minimum absolute atomic E-state index is 0.307. The normalized spacial score (nSPS) is 12.6. The van der Waals surface area contributed by atoms with E-state index < -0.39 is 0 Å². The molecule has 1 N–H and O–H groups in total. The van der Waals surface area contributed by atoms with Crippen LogP contribution in [0.1, 0.15) is 36.8 Å². The molecule has 2 rings (SSSR count). The minimum atomic E-state index is 0.307. The maximum absolute atomic E-state index is 4.59. The third-order valence-corrected chi connectivity index (χ3v) is 5.19. The van der Waals surface area contributed by atoms with Gasteiger partial charge in [0.1, 0.15) is 0 Å². The number of aromatic nitrogens is 2. The molecule has 2 aromatic rings. The lowest BCUT2D eigenvalue weighted by Gasteiger charge is -2.19. The lowest BCUT2D eigenvalue weighted by molar-refractivity contribution is 0.527. The first-order chi connectivity index (χ1) is 10.1. The quantitative estimate of drug-likeness (QED) is 0.652. The fraction of sp³-hybridized carbons (Fsp3) is 0.438. The van der Waals surface area contributed by atoms with Gasteiger partial charge in [-0.2, -0.15) is 5.10 Å². The number of nitrogens with one attached hydrogen (secondary N) is 1. The molecule has 1 aromatic carbocycles. The first-order valence-electron chi connectivity index (χ1n) is 7.25. The van der Waals surface area contributed by atoms with E-state index in [1.54, 1.807) is 0 Å². The number of aryl methyl sites for hydroxylation is 2. The van der Waals surface area contributed by atoms with E-state index in [0.717, 1.165) is 29.6 Å². The molecule has 0 aliphatic rings. The molecular formula is C16H21BrIN3. The maximum atomic E-state index is 4.59. The predicted octanol–water partition coefficient (Wildman–Crippen LogP) is 4.24. The number of benzene rings is 1. The Labute approximate surface area is 148 Å². The van der Waals surface area contributed by atoms with E-state index in [9.17, 15) is 0 Å². The molecule has 3 nitrogen and oxygen atoms in total. The monoisotopic (exact) mass is 461 g/mol. The second kappa shape index (κ2) is 7.74. The summed E-state index contributed by atoms with van der Waals surface area (Å²) in [5.41, 5.74) is 3.71. The van der Waals surface area contributed by atoms with Gasteiger partial charge in [0.25, 0.3) is 0 Å². The third-order valence-electron chi connectivity index (χ3n) is 3.60. The molecule has 0 aliphatic heterocycles. The standard InChI is InChI=1S/C16H21BrIN3/c1-4-13-16(17)15(21(3)20-13)10-14(19-5-2)11-7-6-8-12(18)9-11/h6-9,14,19H,4-5,10H2,1-3H3. The molecule has 0 spiro atoms. The number of likely N-dealkylation sites (N-methyl/N-ethyl adjacent to an activating group) is 1. The first kappa shape index (κ1) is 17.0. The number of nitrogens with zero attached hydrogens (tertiary/aromatic N) is 2. The number of rotatable bonds is 6. The van der Waals surface area contributed by atoms with E-state index in [4.69, 9.17) is 0 Å². The highest BCUT2D eigenvalue weighted by molar-refractivity contribution is 14.1. The van der Waals surface area contributed by atoms with Crippen molar-refractivity contribution >= 4 is 38.5 Å². The summed E-state index contributed by atoms with van der Waals surface area (Å²) in [5.74, 6) is 0. The van der Waals surface area contributed by atoms with Crippen LogP contribution < -0.4 is 5.32 Å². The molecule has 1 unspecified atom stereocenters. The van der Waals surface area contributed by atoms with Crippen molar-refractivity contribution in [3.8, 4) is 0 Å². The molecule has 0 saturated heterocycles. The second-order valence-corrected chi connectivity index (χ2v) is 7.09.